The maximum atomic E-state index is 12.1. The minimum absolute atomic E-state index is 0.213. The van der Waals surface area contributed by atoms with Crippen LogP contribution >= 0.6 is 38.9 Å². The molecule has 8 heteroatoms. The second-order valence-corrected chi connectivity index (χ2v) is 9.02. The van der Waals surface area contributed by atoms with Crippen LogP contribution in [0.2, 0.25) is 5.02 Å². The van der Waals surface area contributed by atoms with Gasteiger partial charge >= 0.3 is 0 Å². The average molecular weight is 375 g/mol. The molecule has 0 atom stereocenters. The van der Waals surface area contributed by atoms with E-state index in [0.29, 0.717) is 15.4 Å². The van der Waals surface area contributed by atoms with Crippen LogP contribution in [0.15, 0.2) is 14.1 Å². The molecule has 4 nitrogen and oxygen atoms in total. The molecule has 102 valence electrons. The first-order valence-corrected chi connectivity index (χ1v) is 8.85. The maximum Gasteiger partial charge on any atom is 0.250 e. The van der Waals surface area contributed by atoms with Crippen LogP contribution in [0.25, 0.3) is 0 Å². The van der Waals surface area contributed by atoms with E-state index >= 15 is 0 Å². The fourth-order valence-corrected chi connectivity index (χ4v) is 5.34. The standard InChI is InChI=1S/C10H13BrClNO3S2/c1-16-10(3-2-4-10)6-13-18(14,15)8-5-7(12)9(11)17-8/h5,13H,2-4,6H2,1H3. The van der Waals surface area contributed by atoms with Crippen LogP contribution in [0.1, 0.15) is 19.3 Å². The molecular formula is C10H13BrClNO3S2. The second-order valence-electron chi connectivity index (χ2n) is 4.25. The van der Waals surface area contributed by atoms with Gasteiger partial charge in [-0.2, -0.15) is 0 Å². The topological polar surface area (TPSA) is 55.4 Å². The van der Waals surface area contributed by atoms with Crippen molar-refractivity contribution >= 4 is 48.9 Å². The number of rotatable bonds is 5. The lowest BCUT2D eigenvalue weighted by atomic mass is 9.80. The molecule has 1 heterocycles. The Morgan fingerprint density at radius 1 is 1.61 bits per heavy atom. The lowest BCUT2D eigenvalue weighted by Gasteiger charge is -2.40. The highest BCUT2D eigenvalue weighted by Gasteiger charge is 2.38. The maximum absolute atomic E-state index is 12.1. The molecule has 0 unspecified atom stereocenters. The van der Waals surface area contributed by atoms with Gasteiger partial charge in [-0.1, -0.05) is 11.6 Å². The Bertz CT molecular complexity index is 514. The molecule has 18 heavy (non-hydrogen) atoms. The molecule has 0 radical (unpaired) electrons. The average Bonchev–Trinajstić information content (AvgIpc) is 2.59. The number of thiophene rings is 1. The Labute approximate surface area is 124 Å². The van der Waals surface area contributed by atoms with Gasteiger partial charge in [0.25, 0.3) is 0 Å². The van der Waals surface area contributed by atoms with E-state index in [2.05, 4.69) is 20.7 Å². The van der Waals surface area contributed by atoms with Crippen LogP contribution in [-0.2, 0) is 14.8 Å². The van der Waals surface area contributed by atoms with Crippen molar-refractivity contribution in [3.05, 3.63) is 14.9 Å². The summed E-state index contributed by atoms with van der Waals surface area (Å²) in [6.07, 6.45) is 2.85. The molecule has 2 rings (SSSR count). The van der Waals surface area contributed by atoms with Crippen LogP contribution in [0.3, 0.4) is 0 Å². The van der Waals surface area contributed by atoms with Crippen LogP contribution in [-0.4, -0.2) is 27.7 Å². The van der Waals surface area contributed by atoms with E-state index in [0.717, 1.165) is 30.6 Å². The molecule has 1 N–H and O–H groups in total. The highest BCUT2D eigenvalue weighted by Crippen LogP contribution is 2.36. The number of ether oxygens (including phenoxy) is 1. The Morgan fingerprint density at radius 2 is 2.28 bits per heavy atom. The van der Waals surface area contributed by atoms with Crippen molar-refractivity contribution in [1.29, 1.82) is 0 Å². The van der Waals surface area contributed by atoms with Crippen LogP contribution < -0.4 is 4.72 Å². The van der Waals surface area contributed by atoms with Gasteiger partial charge in [0.1, 0.15) is 4.21 Å². The summed E-state index contributed by atoms with van der Waals surface area (Å²) in [5.74, 6) is 0. The summed E-state index contributed by atoms with van der Waals surface area (Å²) >= 11 is 10.1. The summed E-state index contributed by atoms with van der Waals surface area (Å²) in [6.45, 7) is 0.305. The van der Waals surface area contributed by atoms with Crippen molar-refractivity contribution in [2.45, 2.75) is 29.1 Å². The SMILES string of the molecule is COC1(CNS(=O)(=O)c2cc(Cl)c(Br)s2)CCC1. The van der Waals surface area contributed by atoms with Gasteiger partial charge in [0.05, 0.1) is 14.4 Å². The normalized spacial score (nSPS) is 18.6. The van der Waals surface area contributed by atoms with E-state index in [1.807, 2.05) is 0 Å². The highest BCUT2D eigenvalue weighted by atomic mass is 79.9. The minimum Gasteiger partial charge on any atom is -0.377 e. The van der Waals surface area contributed by atoms with Crippen molar-refractivity contribution in [2.24, 2.45) is 0 Å². The third kappa shape index (κ3) is 2.91. The summed E-state index contributed by atoms with van der Waals surface area (Å²) in [7, 11) is -1.89. The van der Waals surface area contributed by atoms with Gasteiger partial charge in [0, 0.05) is 13.7 Å². The lowest BCUT2D eigenvalue weighted by Crippen LogP contribution is -2.49. The van der Waals surface area contributed by atoms with E-state index < -0.39 is 10.0 Å². The van der Waals surface area contributed by atoms with Crippen molar-refractivity contribution in [3.63, 3.8) is 0 Å². The van der Waals surface area contributed by atoms with Crippen molar-refractivity contribution in [2.75, 3.05) is 13.7 Å². The molecule has 1 aliphatic carbocycles. The first-order chi connectivity index (χ1) is 8.38. The van der Waals surface area contributed by atoms with Gasteiger partial charge in [0.15, 0.2) is 0 Å². The third-order valence-electron chi connectivity index (χ3n) is 3.17. The second kappa shape index (κ2) is 5.38. The Hall–Kier alpha value is 0.340. The number of hydrogen-bond donors (Lipinski definition) is 1. The van der Waals surface area contributed by atoms with Crippen molar-refractivity contribution < 1.29 is 13.2 Å². The molecule has 0 saturated heterocycles. The molecule has 0 spiro atoms. The number of sulfonamides is 1. The van der Waals surface area contributed by atoms with Crippen molar-refractivity contribution in [1.82, 2.24) is 4.72 Å². The fourth-order valence-electron chi connectivity index (χ4n) is 1.78. The Morgan fingerprint density at radius 3 is 2.67 bits per heavy atom. The van der Waals surface area contributed by atoms with E-state index in [-0.39, 0.29) is 9.81 Å². The van der Waals surface area contributed by atoms with Gasteiger partial charge in [-0.15, -0.1) is 11.3 Å². The highest BCUT2D eigenvalue weighted by molar-refractivity contribution is 9.11. The summed E-state index contributed by atoms with van der Waals surface area (Å²) in [5, 5.41) is 0.408. The van der Waals surface area contributed by atoms with E-state index in [1.54, 1.807) is 7.11 Å². The Kier molecular flexibility index (Phi) is 4.40. The molecule has 0 aliphatic heterocycles. The molecule has 0 amide bonds. The lowest BCUT2D eigenvalue weighted by molar-refractivity contribution is -0.0659. The van der Waals surface area contributed by atoms with E-state index in [1.165, 1.54) is 6.07 Å². The molecule has 0 bridgehead atoms. The molecule has 1 fully saturated rings. The van der Waals surface area contributed by atoms with Crippen LogP contribution in [0.4, 0.5) is 0 Å². The predicted molar refractivity (Wildman–Crippen MR) is 75.8 cm³/mol. The first kappa shape index (κ1) is 14.7. The van der Waals surface area contributed by atoms with Crippen LogP contribution in [0, 0.1) is 0 Å². The number of nitrogens with one attached hydrogen (secondary N) is 1. The molecule has 1 aliphatic rings. The van der Waals surface area contributed by atoms with Gasteiger partial charge in [-0.3, -0.25) is 0 Å². The zero-order chi connectivity index (χ0) is 13.4. The number of halogens is 2. The summed E-state index contributed by atoms with van der Waals surface area (Å²) < 4.78 is 32.9. The molecule has 0 aromatic carbocycles. The monoisotopic (exact) mass is 373 g/mol. The molecular weight excluding hydrogens is 362 g/mol. The number of methoxy groups -OCH3 is 1. The molecule has 1 saturated carbocycles. The van der Waals surface area contributed by atoms with Gasteiger partial charge < -0.3 is 4.74 Å². The largest absolute Gasteiger partial charge is 0.377 e. The summed E-state index contributed by atoms with van der Waals surface area (Å²) in [5.41, 5.74) is -0.328. The summed E-state index contributed by atoms with van der Waals surface area (Å²) in [6, 6.07) is 1.44. The molecule has 1 aromatic rings. The smallest absolute Gasteiger partial charge is 0.250 e. The predicted octanol–water partition coefficient (Wildman–Crippen LogP) is 3.01. The van der Waals surface area contributed by atoms with E-state index in [9.17, 15) is 8.42 Å². The zero-order valence-electron chi connectivity index (χ0n) is 9.70. The van der Waals surface area contributed by atoms with E-state index in [4.69, 9.17) is 16.3 Å². The zero-order valence-corrected chi connectivity index (χ0v) is 13.7. The first-order valence-electron chi connectivity index (χ1n) is 5.38. The number of hydrogen-bond acceptors (Lipinski definition) is 4. The molecule has 1 aromatic heterocycles. The van der Waals surface area contributed by atoms with Gasteiger partial charge in [0.2, 0.25) is 10.0 Å². The van der Waals surface area contributed by atoms with Gasteiger partial charge in [-0.05, 0) is 41.3 Å². The van der Waals surface area contributed by atoms with Crippen LogP contribution in [0.5, 0.6) is 0 Å². The summed E-state index contributed by atoms with van der Waals surface area (Å²) in [4.78, 5) is 0. The van der Waals surface area contributed by atoms with Gasteiger partial charge in [-0.25, -0.2) is 13.1 Å². The van der Waals surface area contributed by atoms with Crippen molar-refractivity contribution in [3.8, 4) is 0 Å². The quantitative estimate of drug-likeness (QED) is 0.862. The minimum atomic E-state index is -3.51. The fraction of sp³-hybridized carbons (Fsp3) is 0.600. The third-order valence-corrected chi connectivity index (χ3v) is 7.52. The Balaban J connectivity index is 2.08.